The molecule has 0 bridgehead atoms. The highest BCUT2D eigenvalue weighted by molar-refractivity contribution is 5.88. The molecule has 2 N–H and O–H groups in total. The zero-order chi connectivity index (χ0) is 12.6. The lowest BCUT2D eigenvalue weighted by Crippen LogP contribution is -2.48. The Morgan fingerprint density at radius 3 is 2.94 bits per heavy atom. The number of hydrogen-bond acceptors (Lipinski definition) is 4. The molecule has 0 amide bonds. The first-order chi connectivity index (χ1) is 8.71. The predicted molar refractivity (Wildman–Crippen MR) is 71.2 cm³/mol. The third-order valence-electron chi connectivity index (χ3n) is 4.06. The van der Waals surface area contributed by atoms with E-state index >= 15 is 0 Å². The number of aliphatic imine (C=N–C) groups is 1. The molecule has 2 atom stereocenters. The highest BCUT2D eigenvalue weighted by Gasteiger charge is 2.40. The minimum Gasteiger partial charge on any atom is -0.362 e. The van der Waals surface area contributed by atoms with Crippen LogP contribution in [0.2, 0.25) is 0 Å². The van der Waals surface area contributed by atoms with E-state index in [1.165, 1.54) is 0 Å². The van der Waals surface area contributed by atoms with Gasteiger partial charge in [-0.25, -0.2) is 0 Å². The van der Waals surface area contributed by atoms with Crippen molar-refractivity contribution in [2.24, 2.45) is 10.9 Å². The van der Waals surface area contributed by atoms with Crippen molar-refractivity contribution in [1.29, 1.82) is 5.26 Å². The smallest absolute Gasteiger partial charge is 0.101 e. The van der Waals surface area contributed by atoms with Gasteiger partial charge in [-0.2, -0.15) is 5.26 Å². The number of nitrogens with one attached hydrogen (secondary N) is 2. The Morgan fingerprint density at radius 1 is 1.44 bits per heavy atom. The molecule has 18 heavy (non-hydrogen) atoms. The summed E-state index contributed by atoms with van der Waals surface area (Å²) in [6.45, 7) is 4.26. The highest BCUT2D eigenvalue weighted by Crippen LogP contribution is 2.30. The van der Waals surface area contributed by atoms with Gasteiger partial charge in [0.15, 0.2) is 0 Å². The van der Waals surface area contributed by atoms with E-state index in [2.05, 4.69) is 23.6 Å². The number of rotatable bonds is 1. The van der Waals surface area contributed by atoms with Gasteiger partial charge < -0.3 is 10.6 Å². The Labute approximate surface area is 107 Å². The molecule has 2 aliphatic heterocycles. The van der Waals surface area contributed by atoms with Crippen LogP contribution in [-0.4, -0.2) is 30.5 Å². The largest absolute Gasteiger partial charge is 0.362 e. The fourth-order valence-corrected chi connectivity index (χ4v) is 2.97. The van der Waals surface area contributed by atoms with Gasteiger partial charge >= 0.3 is 0 Å². The average Bonchev–Trinajstić information content (AvgIpc) is 2.76. The standard InChI is InChI=1S/C14H18N4/c1-14-8-10(9-15)2-3-12(14)17-13(18-14)11-4-6-16-7-5-11/h2-3,8,11-12,16H,4-7H2,1H3,(H,17,18). The van der Waals surface area contributed by atoms with E-state index in [4.69, 9.17) is 10.3 Å². The lowest BCUT2D eigenvalue weighted by molar-refractivity contribution is 0.441. The number of nitrogens with zero attached hydrogens (tertiary/aromatic N) is 2. The maximum Gasteiger partial charge on any atom is 0.101 e. The number of amidine groups is 1. The number of piperidine rings is 1. The number of allylic oxidation sites excluding steroid dienone is 2. The molecule has 0 aromatic heterocycles. The second kappa shape index (κ2) is 4.25. The summed E-state index contributed by atoms with van der Waals surface area (Å²) in [6.07, 6.45) is 8.22. The van der Waals surface area contributed by atoms with Crippen molar-refractivity contribution in [1.82, 2.24) is 10.6 Å². The summed E-state index contributed by atoms with van der Waals surface area (Å²) in [5.41, 5.74) is 0.517. The van der Waals surface area contributed by atoms with Gasteiger partial charge in [0.25, 0.3) is 0 Å². The molecule has 3 aliphatic rings. The third kappa shape index (κ3) is 1.85. The van der Waals surface area contributed by atoms with E-state index in [1.807, 2.05) is 18.2 Å². The Kier molecular flexibility index (Phi) is 2.71. The SMILES string of the molecule is CC12C=C(C#N)C=CC1N=C(C1CCNCC1)N2. The Bertz CT molecular complexity index is 477. The molecule has 0 aromatic carbocycles. The molecule has 3 rings (SSSR count). The first-order valence-corrected chi connectivity index (χ1v) is 6.59. The van der Waals surface area contributed by atoms with Crippen molar-refractivity contribution in [3.63, 3.8) is 0 Å². The molecule has 0 saturated carbocycles. The van der Waals surface area contributed by atoms with E-state index < -0.39 is 0 Å². The summed E-state index contributed by atoms with van der Waals surface area (Å²) in [7, 11) is 0. The van der Waals surface area contributed by atoms with Crippen LogP contribution >= 0.6 is 0 Å². The normalized spacial score (nSPS) is 35.2. The summed E-state index contributed by atoms with van der Waals surface area (Å²) in [5, 5.41) is 15.9. The van der Waals surface area contributed by atoms with Gasteiger partial charge in [0, 0.05) is 5.92 Å². The lowest BCUT2D eigenvalue weighted by Gasteiger charge is -2.30. The van der Waals surface area contributed by atoms with Gasteiger partial charge in [-0.3, -0.25) is 4.99 Å². The van der Waals surface area contributed by atoms with Crippen LogP contribution in [0.25, 0.3) is 0 Å². The minimum absolute atomic E-state index is 0.138. The van der Waals surface area contributed by atoms with Crippen LogP contribution in [0.5, 0.6) is 0 Å². The van der Waals surface area contributed by atoms with Crippen molar-refractivity contribution in [2.45, 2.75) is 31.3 Å². The van der Waals surface area contributed by atoms with E-state index in [1.54, 1.807) is 0 Å². The molecule has 2 heterocycles. The molecule has 94 valence electrons. The predicted octanol–water partition coefficient (Wildman–Crippen LogP) is 1.13. The summed E-state index contributed by atoms with van der Waals surface area (Å²) in [6, 6.07) is 2.35. The van der Waals surface area contributed by atoms with Crippen molar-refractivity contribution in [3.05, 3.63) is 23.8 Å². The van der Waals surface area contributed by atoms with Crippen molar-refractivity contribution < 1.29 is 0 Å². The molecule has 1 aliphatic carbocycles. The Hall–Kier alpha value is -1.60. The van der Waals surface area contributed by atoms with Crippen LogP contribution in [0.1, 0.15) is 19.8 Å². The molecule has 2 unspecified atom stereocenters. The monoisotopic (exact) mass is 242 g/mol. The van der Waals surface area contributed by atoms with Gasteiger partial charge in [-0.05, 0) is 45.0 Å². The maximum absolute atomic E-state index is 9.00. The lowest BCUT2D eigenvalue weighted by atomic mass is 9.87. The van der Waals surface area contributed by atoms with Crippen LogP contribution in [-0.2, 0) is 0 Å². The van der Waals surface area contributed by atoms with E-state index in [-0.39, 0.29) is 11.6 Å². The van der Waals surface area contributed by atoms with E-state index in [0.717, 1.165) is 37.3 Å². The van der Waals surface area contributed by atoms with Gasteiger partial charge in [-0.15, -0.1) is 0 Å². The first-order valence-electron chi connectivity index (χ1n) is 6.59. The zero-order valence-corrected chi connectivity index (χ0v) is 10.6. The Morgan fingerprint density at radius 2 is 2.22 bits per heavy atom. The number of nitriles is 1. The number of fused-ring (bicyclic) bond motifs is 1. The summed E-state index contributed by atoms with van der Waals surface area (Å²) in [4.78, 5) is 4.81. The van der Waals surface area contributed by atoms with Crippen molar-refractivity contribution in [3.8, 4) is 6.07 Å². The summed E-state index contributed by atoms with van der Waals surface area (Å²) in [5.74, 6) is 1.67. The molecule has 1 saturated heterocycles. The van der Waals surface area contributed by atoms with Crippen molar-refractivity contribution >= 4 is 5.84 Å². The maximum atomic E-state index is 9.00. The first kappa shape index (κ1) is 11.5. The fourth-order valence-electron chi connectivity index (χ4n) is 2.97. The van der Waals surface area contributed by atoms with Crippen LogP contribution in [0.15, 0.2) is 28.8 Å². The Balaban J connectivity index is 1.81. The van der Waals surface area contributed by atoms with E-state index in [9.17, 15) is 0 Å². The zero-order valence-electron chi connectivity index (χ0n) is 10.6. The van der Waals surface area contributed by atoms with Gasteiger partial charge in [0.05, 0.1) is 23.2 Å². The topological polar surface area (TPSA) is 60.2 Å². The molecule has 1 fully saturated rings. The van der Waals surface area contributed by atoms with Crippen LogP contribution in [0, 0.1) is 17.2 Å². The second-order valence-corrected chi connectivity index (χ2v) is 5.46. The van der Waals surface area contributed by atoms with Crippen LogP contribution in [0.4, 0.5) is 0 Å². The molecule has 0 spiro atoms. The van der Waals surface area contributed by atoms with Gasteiger partial charge in [-0.1, -0.05) is 6.08 Å². The van der Waals surface area contributed by atoms with Gasteiger partial charge in [0.1, 0.15) is 5.84 Å². The minimum atomic E-state index is -0.208. The van der Waals surface area contributed by atoms with Crippen molar-refractivity contribution in [2.75, 3.05) is 13.1 Å². The molecular formula is C14H18N4. The van der Waals surface area contributed by atoms with E-state index in [0.29, 0.717) is 5.92 Å². The molecular weight excluding hydrogens is 224 g/mol. The number of hydrogen-bond donors (Lipinski definition) is 2. The fraction of sp³-hybridized carbons (Fsp3) is 0.571. The van der Waals surface area contributed by atoms with Gasteiger partial charge in [0.2, 0.25) is 0 Å². The second-order valence-electron chi connectivity index (χ2n) is 5.46. The summed E-state index contributed by atoms with van der Waals surface area (Å²) >= 11 is 0. The molecule has 4 nitrogen and oxygen atoms in total. The summed E-state index contributed by atoms with van der Waals surface area (Å²) < 4.78 is 0. The van der Waals surface area contributed by atoms with Crippen LogP contribution in [0.3, 0.4) is 0 Å². The molecule has 0 aromatic rings. The average molecular weight is 242 g/mol. The van der Waals surface area contributed by atoms with Crippen LogP contribution < -0.4 is 10.6 Å². The quantitative estimate of drug-likeness (QED) is 0.724. The third-order valence-corrected chi connectivity index (χ3v) is 4.06. The molecule has 0 radical (unpaired) electrons. The molecule has 4 heteroatoms. The highest BCUT2D eigenvalue weighted by atomic mass is 15.2.